The molecular weight excluding hydrogens is 584 g/mol. The van der Waals surface area contributed by atoms with Crippen molar-refractivity contribution in [3.63, 3.8) is 0 Å². The molecule has 2 heterocycles. The fraction of sp³-hybridized carbons (Fsp3) is 0.500. The van der Waals surface area contributed by atoms with Crippen LogP contribution in [0, 0.1) is 5.41 Å². The van der Waals surface area contributed by atoms with Gasteiger partial charge in [-0.15, -0.1) is 0 Å². The van der Waals surface area contributed by atoms with Gasteiger partial charge in [-0.1, -0.05) is 12.1 Å². The Bertz CT molecular complexity index is 1590. The number of aromatic hydroxyl groups is 1. The minimum atomic E-state index is -1.90. The molecule has 7 rings (SSSR count). The highest BCUT2D eigenvalue weighted by Gasteiger charge is 2.59. The lowest BCUT2D eigenvalue weighted by Crippen LogP contribution is -2.59. The van der Waals surface area contributed by atoms with Crippen LogP contribution in [0.2, 0.25) is 0 Å². The van der Waals surface area contributed by atoms with Crippen molar-refractivity contribution in [2.45, 2.75) is 74.2 Å². The van der Waals surface area contributed by atoms with Gasteiger partial charge in [-0.2, -0.15) is 0 Å². The number of carbonyl (C=O) groups is 2. The maximum atomic E-state index is 14.0. The van der Waals surface area contributed by atoms with E-state index in [1.165, 1.54) is 24.3 Å². The monoisotopic (exact) mass is 616 g/mol. The molecule has 4 bridgehead atoms. The van der Waals surface area contributed by atoms with Crippen LogP contribution < -0.4 is 5.43 Å². The van der Waals surface area contributed by atoms with Crippen LogP contribution in [0.15, 0.2) is 34.6 Å². The number of phenolic OH excluding ortho intramolecular Hbond substituents is 1. The molecule has 2 aromatic rings. The third-order valence-electron chi connectivity index (χ3n) is 9.19. The quantitative estimate of drug-likeness (QED) is 0.120. The number of aliphatic hydroxyl groups is 7. The Morgan fingerprint density at radius 1 is 0.932 bits per heavy atom. The molecule has 14 heteroatoms. The van der Waals surface area contributed by atoms with Crippen LogP contribution in [0.4, 0.5) is 0 Å². The average molecular weight is 617 g/mol. The fourth-order valence-electron chi connectivity index (χ4n) is 6.67. The molecule has 8 N–H and O–H groups in total. The zero-order chi connectivity index (χ0) is 31.7. The number of rotatable bonds is 7. The lowest BCUT2D eigenvalue weighted by atomic mass is 9.74. The van der Waals surface area contributed by atoms with E-state index in [1.54, 1.807) is 6.07 Å². The van der Waals surface area contributed by atoms with Crippen molar-refractivity contribution in [2.24, 2.45) is 5.41 Å². The summed E-state index contributed by atoms with van der Waals surface area (Å²) in [6.07, 6.45) is -10.9. The third kappa shape index (κ3) is 4.74. The first-order valence-corrected chi connectivity index (χ1v) is 14.1. The summed E-state index contributed by atoms with van der Waals surface area (Å²) in [5, 5.41) is 83.1. The highest BCUT2D eigenvalue weighted by Crippen LogP contribution is 2.44. The van der Waals surface area contributed by atoms with E-state index < -0.39 is 103 Å². The van der Waals surface area contributed by atoms with Crippen molar-refractivity contribution in [3.05, 3.63) is 56.8 Å². The van der Waals surface area contributed by atoms with Gasteiger partial charge in [0.05, 0.1) is 30.8 Å². The molecule has 2 saturated heterocycles. The third-order valence-corrected chi connectivity index (χ3v) is 9.19. The Balaban J connectivity index is 1.38. The van der Waals surface area contributed by atoms with Crippen LogP contribution in [0.1, 0.15) is 35.4 Å². The standard InChI is InChI=1S/C30H32O14/c31-10-18-23(36)25(38)26(39)27(43-18)42-4-3-30(28(40)44-29(30)41)9-13-6-11-5-12-8-17(33)19(24(37)22(12)35)14-1-2-16(32)20(21(13)34)15(14)7-11/h1-2,5-7,17-19,22-27,31-33,35-39H,3-4,8-10H2/b12-5+. The second kappa shape index (κ2) is 11.2. The molecule has 0 amide bonds. The SMILES string of the molecule is O=C1OC(=O)C1(CCOC1OC(CO)C(O)C(O)C1O)Cc1cc2cc3c(ccc(O)c3c1=O)C1C(O)C/C(=C\2)C(O)C1O. The molecule has 236 valence electrons. The number of cyclic esters (lactones) is 2. The van der Waals surface area contributed by atoms with E-state index in [0.717, 1.165) is 0 Å². The normalized spacial score (nSPS) is 35.3. The van der Waals surface area contributed by atoms with Gasteiger partial charge in [0, 0.05) is 17.9 Å². The summed E-state index contributed by atoms with van der Waals surface area (Å²) in [7, 11) is 0. The lowest BCUT2D eigenvalue weighted by Gasteiger charge is -2.40. The maximum Gasteiger partial charge on any atom is 0.331 e. The van der Waals surface area contributed by atoms with Gasteiger partial charge < -0.3 is 55.1 Å². The minimum absolute atomic E-state index is 0.0248. The van der Waals surface area contributed by atoms with Crippen LogP contribution in [-0.4, -0.2) is 115 Å². The van der Waals surface area contributed by atoms with E-state index in [1.807, 2.05) is 0 Å². The van der Waals surface area contributed by atoms with Crippen molar-refractivity contribution in [2.75, 3.05) is 13.2 Å². The van der Waals surface area contributed by atoms with Gasteiger partial charge in [0.2, 0.25) is 0 Å². The number of esters is 2. The second-order valence-electron chi connectivity index (χ2n) is 11.8. The lowest BCUT2D eigenvalue weighted by molar-refractivity contribution is -0.302. The van der Waals surface area contributed by atoms with E-state index in [0.29, 0.717) is 16.7 Å². The highest BCUT2D eigenvalue weighted by atomic mass is 16.7. The largest absolute Gasteiger partial charge is 0.507 e. The number of hydrogen-bond donors (Lipinski definition) is 8. The number of phenols is 1. The van der Waals surface area contributed by atoms with Crippen molar-refractivity contribution < 1.29 is 64.7 Å². The van der Waals surface area contributed by atoms with Crippen molar-refractivity contribution in [3.8, 4) is 5.75 Å². The second-order valence-corrected chi connectivity index (χ2v) is 11.8. The molecule has 2 aromatic carbocycles. The Morgan fingerprint density at radius 2 is 1.66 bits per heavy atom. The van der Waals surface area contributed by atoms with E-state index in [4.69, 9.17) is 9.47 Å². The number of ether oxygens (including phenoxy) is 3. The first kappa shape index (κ1) is 30.7. The number of carbonyl (C=O) groups excluding carboxylic acids is 2. The smallest absolute Gasteiger partial charge is 0.331 e. The average Bonchev–Trinajstić information content (AvgIpc) is 3.06. The van der Waals surface area contributed by atoms with Crippen molar-refractivity contribution in [1.29, 1.82) is 0 Å². The van der Waals surface area contributed by atoms with E-state index in [9.17, 15) is 55.2 Å². The Morgan fingerprint density at radius 3 is 2.34 bits per heavy atom. The summed E-state index contributed by atoms with van der Waals surface area (Å²) in [4.78, 5) is 39.6. The predicted molar refractivity (Wildman–Crippen MR) is 147 cm³/mol. The molecule has 2 aliphatic heterocycles. The molecule has 9 atom stereocenters. The number of hydrogen-bond acceptors (Lipinski definition) is 14. The van der Waals surface area contributed by atoms with Crippen LogP contribution in [0.5, 0.6) is 5.75 Å². The minimum Gasteiger partial charge on any atom is -0.507 e. The highest BCUT2D eigenvalue weighted by molar-refractivity contribution is 6.14. The van der Waals surface area contributed by atoms with Crippen molar-refractivity contribution in [1.82, 2.24) is 0 Å². The van der Waals surface area contributed by atoms with E-state index >= 15 is 0 Å². The molecule has 5 aliphatic rings. The summed E-state index contributed by atoms with van der Waals surface area (Å²) >= 11 is 0. The zero-order valence-electron chi connectivity index (χ0n) is 23.1. The maximum absolute atomic E-state index is 14.0. The van der Waals surface area contributed by atoms with Gasteiger partial charge in [0.15, 0.2) is 17.1 Å². The molecule has 3 aliphatic carbocycles. The predicted octanol–water partition coefficient (Wildman–Crippen LogP) is -2.31. The molecule has 44 heavy (non-hydrogen) atoms. The van der Waals surface area contributed by atoms with E-state index in [2.05, 4.69) is 4.74 Å². The summed E-state index contributed by atoms with van der Waals surface area (Å²) in [5.41, 5.74) is -1.68. The number of aliphatic hydroxyl groups excluding tert-OH is 7. The molecule has 9 unspecified atom stereocenters. The zero-order valence-corrected chi connectivity index (χ0v) is 23.1. The molecule has 3 fully saturated rings. The molecule has 14 nitrogen and oxygen atoms in total. The summed E-state index contributed by atoms with van der Waals surface area (Å²) in [6, 6.07) is 5.68. The Labute approximate surface area is 249 Å². The van der Waals surface area contributed by atoms with Crippen molar-refractivity contribution >= 4 is 28.8 Å². The van der Waals surface area contributed by atoms with Gasteiger partial charge in [0.25, 0.3) is 0 Å². The van der Waals surface area contributed by atoms with E-state index in [-0.39, 0.29) is 29.2 Å². The Kier molecular flexibility index (Phi) is 7.85. The summed E-state index contributed by atoms with van der Waals surface area (Å²) in [5.74, 6) is -3.27. The van der Waals surface area contributed by atoms with Gasteiger partial charge >= 0.3 is 11.9 Å². The van der Waals surface area contributed by atoms with Gasteiger partial charge in [0.1, 0.15) is 36.3 Å². The fourth-order valence-corrected chi connectivity index (χ4v) is 6.67. The Hall–Kier alpha value is -3.31. The molecule has 0 aromatic heterocycles. The molecular formula is C30H32O14. The molecule has 1 saturated carbocycles. The van der Waals surface area contributed by atoms with Crippen LogP contribution in [0.3, 0.4) is 0 Å². The van der Waals surface area contributed by atoms with Crippen LogP contribution in [-0.2, 0) is 30.2 Å². The van der Waals surface area contributed by atoms with Gasteiger partial charge in [-0.05, 0) is 53.1 Å². The number of benzene rings is 1. The van der Waals surface area contributed by atoms with Gasteiger partial charge in [-0.25, -0.2) is 0 Å². The first-order chi connectivity index (χ1) is 20.9. The number of fused-ring (bicyclic) bond motifs is 2. The topological polar surface area (TPSA) is 241 Å². The van der Waals surface area contributed by atoms with Crippen LogP contribution in [0.25, 0.3) is 16.8 Å². The first-order valence-electron chi connectivity index (χ1n) is 14.1. The summed E-state index contributed by atoms with van der Waals surface area (Å²) in [6.45, 7) is -1.10. The molecule has 0 spiro atoms. The van der Waals surface area contributed by atoms with Crippen LogP contribution >= 0.6 is 0 Å². The summed E-state index contributed by atoms with van der Waals surface area (Å²) < 4.78 is 15.5. The molecule has 0 radical (unpaired) electrons. The van der Waals surface area contributed by atoms with Gasteiger partial charge in [-0.3, -0.25) is 14.4 Å².